The molecule has 0 aromatic heterocycles. The van der Waals surface area contributed by atoms with Crippen LogP contribution in [0.3, 0.4) is 0 Å². The zero-order valence-corrected chi connectivity index (χ0v) is 17.9. The summed E-state index contributed by atoms with van der Waals surface area (Å²) in [6.45, 7) is 5.00. The minimum atomic E-state index is -3.65. The number of rotatable bonds is 7. The van der Waals surface area contributed by atoms with Gasteiger partial charge in [-0.2, -0.15) is 0 Å². The first-order valence-electron chi connectivity index (χ1n) is 8.80. The van der Waals surface area contributed by atoms with E-state index in [9.17, 15) is 18.0 Å². The van der Waals surface area contributed by atoms with Crippen molar-refractivity contribution in [1.82, 2.24) is 4.31 Å². The summed E-state index contributed by atoms with van der Waals surface area (Å²) in [5.41, 5.74) is 8.19. The molecule has 2 amide bonds. The standard InChI is InChI=1S/C20H25N3O5S/c1-12-6-7-16(20(21)25)18(8-12)28-11-19(24)22-17-10-15(9-13(2)14(17)3)29(26,27)23(4)5/h6-10H,11H2,1-5H3,(H2,21,25)(H,22,24). The summed E-state index contributed by atoms with van der Waals surface area (Å²) in [6, 6.07) is 7.84. The Morgan fingerprint density at radius 2 is 1.76 bits per heavy atom. The van der Waals surface area contributed by atoms with Gasteiger partial charge in [-0.3, -0.25) is 9.59 Å². The fourth-order valence-corrected chi connectivity index (χ4v) is 3.61. The van der Waals surface area contributed by atoms with Crippen molar-refractivity contribution >= 4 is 27.5 Å². The molecule has 2 aromatic rings. The summed E-state index contributed by atoms with van der Waals surface area (Å²) >= 11 is 0. The molecule has 0 saturated heterocycles. The van der Waals surface area contributed by atoms with E-state index >= 15 is 0 Å². The maximum Gasteiger partial charge on any atom is 0.262 e. The van der Waals surface area contributed by atoms with Crippen LogP contribution in [0.1, 0.15) is 27.0 Å². The molecule has 0 aliphatic carbocycles. The lowest BCUT2D eigenvalue weighted by Gasteiger charge is -2.17. The highest BCUT2D eigenvalue weighted by Gasteiger charge is 2.20. The Kier molecular flexibility index (Phi) is 6.66. The monoisotopic (exact) mass is 419 g/mol. The highest BCUT2D eigenvalue weighted by Crippen LogP contribution is 2.26. The molecular weight excluding hydrogens is 394 g/mol. The van der Waals surface area contributed by atoms with E-state index in [4.69, 9.17) is 10.5 Å². The number of carbonyl (C=O) groups is 2. The van der Waals surface area contributed by atoms with E-state index in [0.717, 1.165) is 21.0 Å². The average Bonchev–Trinajstić information content (AvgIpc) is 2.63. The molecule has 2 rings (SSSR count). The Labute approximate surface area is 170 Å². The lowest BCUT2D eigenvalue weighted by Crippen LogP contribution is -2.24. The van der Waals surface area contributed by atoms with Crippen molar-refractivity contribution in [3.8, 4) is 5.75 Å². The van der Waals surface area contributed by atoms with Crippen molar-refractivity contribution in [1.29, 1.82) is 0 Å². The Hall–Kier alpha value is -2.91. The van der Waals surface area contributed by atoms with Gasteiger partial charge in [-0.05, 0) is 61.7 Å². The van der Waals surface area contributed by atoms with Crippen LogP contribution in [0, 0.1) is 20.8 Å². The number of hydrogen-bond acceptors (Lipinski definition) is 5. The molecular formula is C20H25N3O5S. The number of aryl methyl sites for hydroxylation is 2. The molecule has 0 heterocycles. The molecule has 0 unspecified atom stereocenters. The van der Waals surface area contributed by atoms with Crippen LogP contribution in [0.15, 0.2) is 35.2 Å². The molecule has 8 nitrogen and oxygen atoms in total. The van der Waals surface area contributed by atoms with Crippen LogP contribution >= 0.6 is 0 Å². The SMILES string of the molecule is Cc1ccc(C(N)=O)c(OCC(=O)Nc2cc(S(=O)(=O)N(C)C)cc(C)c2C)c1. The molecule has 156 valence electrons. The summed E-state index contributed by atoms with van der Waals surface area (Å²) < 4.78 is 31.4. The van der Waals surface area contributed by atoms with Gasteiger partial charge in [0.15, 0.2) is 6.61 Å². The first kappa shape index (κ1) is 22.4. The van der Waals surface area contributed by atoms with Gasteiger partial charge in [0, 0.05) is 19.8 Å². The third-order valence-corrected chi connectivity index (χ3v) is 6.25. The Balaban J connectivity index is 2.23. The van der Waals surface area contributed by atoms with Crippen LogP contribution in [-0.4, -0.2) is 45.2 Å². The molecule has 0 aliphatic heterocycles. The molecule has 0 fully saturated rings. The number of anilines is 1. The maximum atomic E-state index is 12.4. The first-order chi connectivity index (χ1) is 13.4. The van der Waals surface area contributed by atoms with Crippen molar-refractivity contribution in [2.75, 3.05) is 26.0 Å². The van der Waals surface area contributed by atoms with Gasteiger partial charge in [0.05, 0.1) is 10.5 Å². The third kappa shape index (κ3) is 5.12. The molecule has 0 spiro atoms. The fraction of sp³-hybridized carbons (Fsp3) is 0.300. The van der Waals surface area contributed by atoms with Gasteiger partial charge in [-0.15, -0.1) is 0 Å². The van der Waals surface area contributed by atoms with E-state index in [1.54, 1.807) is 32.0 Å². The van der Waals surface area contributed by atoms with Gasteiger partial charge in [-0.25, -0.2) is 12.7 Å². The molecule has 3 N–H and O–H groups in total. The number of benzene rings is 2. The quantitative estimate of drug-likeness (QED) is 0.711. The molecule has 0 radical (unpaired) electrons. The molecule has 29 heavy (non-hydrogen) atoms. The van der Waals surface area contributed by atoms with Gasteiger partial charge >= 0.3 is 0 Å². The Morgan fingerprint density at radius 3 is 2.34 bits per heavy atom. The second-order valence-electron chi connectivity index (χ2n) is 6.90. The highest BCUT2D eigenvalue weighted by atomic mass is 32.2. The fourth-order valence-electron chi connectivity index (χ4n) is 2.60. The number of nitrogens with zero attached hydrogens (tertiary/aromatic N) is 1. The minimum Gasteiger partial charge on any atom is -0.483 e. The minimum absolute atomic E-state index is 0.0801. The van der Waals surface area contributed by atoms with Crippen molar-refractivity contribution in [2.45, 2.75) is 25.7 Å². The topological polar surface area (TPSA) is 119 Å². The van der Waals surface area contributed by atoms with Gasteiger partial charge in [0.1, 0.15) is 5.75 Å². The highest BCUT2D eigenvalue weighted by molar-refractivity contribution is 7.89. The number of amides is 2. The number of nitrogens with one attached hydrogen (secondary N) is 1. The second-order valence-corrected chi connectivity index (χ2v) is 9.05. The summed E-state index contributed by atoms with van der Waals surface area (Å²) in [5.74, 6) is -0.943. The molecule has 0 aliphatic rings. The zero-order valence-electron chi connectivity index (χ0n) is 17.1. The lowest BCUT2D eigenvalue weighted by molar-refractivity contribution is -0.118. The summed E-state index contributed by atoms with van der Waals surface area (Å²) in [4.78, 5) is 24.0. The Morgan fingerprint density at radius 1 is 1.10 bits per heavy atom. The Bertz CT molecular complexity index is 1060. The van der Waals surface area contributed by atoms with Crippen LogP contribution in [-0.2, 0) is 14.8 Å². The first-order valence-corrected chi connectivity index (χ1v) is 10.2. The van der Waals surface area contributed by atoms with E-state index in [1.165, 1.54) is 26.2 Å². The normalized spacial score (nSPS) is 11.4. The van der Waals surface area contributed by atoms with Crippen molar-refractivity contribution in [3.63, 3.8) is 0 Å². The number of nitrogens with two attached hydrogens (primary N) is 1. The predicted molar refractivity (Wildman–Crippen MR) is 111 cm³/mol. The predicted octanol–water partition coefficient (Wildman–Crippen LogP) is 1.98. The van der Waals surface area contributed by atoms with Crippen LogP contribution in [0.2, 0.25) is 0 Å². The number of sulfonamides is 1. The van der Waals surface area contributed by atoms with E-state index < -0.39 is 21.8 Å². The van der Waals surface area contributed by atoms with Gasteiger partial charge in [-0.1, -0.05) is 6.07 Å². The van der Waals surface area contributed by atoms with Crippen molar-refractivity contribution in [2.24, 2.45) is 5.73 Å². The number of carbonyl (C=O) groups excluding carboxylic acids is 2. The summed E-state index contributed by atoms with van der Waals surface area (Å²) in [5, 5.41) is 2.67. The number of hydrogen-bond donors (Lipinski definition) is 2. The van der Waals surface area contributed by atoms with Crippen LogP contribution < -0.4 is 15.8 Å². The van der Waals surface area contributed by atoms with E-state index in [0.29, 0.717) is 5.69 Å². The lowest BCUT2D eigenvalue weighted by atomic mass is 10.1. The molecule has 0 bridgehead atoms. The van der Waals surface area contributed by atoms with Crippen molar-refractivity contribution < 1.29 is 22.7 Å². The summed E-state index contributed by atoms with van der Waals surface area (Å²) in [7, 11) is -0.772. The molecule has 2 aromatic carbocycles. The molecule has 9 heteroatoms. The zero-order chi connectivity index (χ0) is 21.9. The third-order valence-electron chi connectivity index (χ3n) is 4.45. The van der Waals surface area contributed by atoms with Crippen LogP contribution in [0.5, 0.6) is 5.75 Å². The van der Waals surface area contributed by atoms with Gasteiger partial charge in [0.25, 0.3) is 11.8 Å². The van der Waals surface area contributed by atoms with Gasteiger partial charge < -0.3 is 15.8 Å². The van der Waals surface area contributed by atoms with E-state index in [2.05, 4.69) is 5.32 Å². The van der Waals surface area contributed by atoms with E-state index in [-0.39, 0.29) is 22.8 Å². The second kappa shape index (κ2) is 8.62. The summed E-state index contributed by atoms with van der Waals surface area (Å²) in [6.07, 6.45) is 0. The van der Waals surface area contributed by atoms with Crippen molar-refractivity contribution in [3.05, 3.63) is 52.6 Å². The van der Waals surface area contributed by atoms with Crippen LogP contribution in [0.4, 0.5) is 5.69 Å². The largest absolute Gasteiger partial charge is 0.483 e. The average molecular weight is 420 g/mol. The molecule has 0 saturated carbocycles. The van der Waals surface area contributed by atoms with Gasteiger partial charge in [0.2, 0.25) is 10.0 Å². The molecule has 0 atom stereocenters. The van der Waals surface area contributed by atoms with E-state index in [1.807, 2.05) is 6.92 Å². The number of primary amides is 1. The maximum absolute atomic E-state index is 12.4. The smallest absolute Gasteiger partial charge is 0.262 e. The van der Waals surface area contributed by atoms with Crippen LogP contribution in [0.25, 0.3) is 0 Å². The number of ether oxygens (including phenoxy) is 1.